The molecule has 1 aromatic heterocycles. The third-order valence-electron chi connectivity index (χ3n) is 4.30. The van der Waals surface area contributed by atoms with Gasteiger partial charge in [-0.15, -0.1) is 5.10 Å². The summed E-state index contributed by atoms with van der Waals surface area (Å²) in [5.41, 5.74) is 5.95. The number of aryl methyl sites for hydroxylation is 4. The average Bonchev–Trinajstić information content (AvgIpc) is 3.01. The second-order valence-corrected chi connectivity index (χ2v) is 6.01. The molecule has 3 aromatic rings. The lowest BCUT2D eigenvalue weighted by molar-refractivity contribution is 0.563. The van der Waals surface area contributed by atoms with Gasteiger partial charge in [-0.2, -0.15) is 5.26 Å². The minimum atomic E-state index is 0.387. The molecule has 1 heterocycles. The number of hydrogen-bond donors (Lipinski definition) is 0. The first kappa shape index (κ1) is 15.9. The first-order valence-corrected chi connectivity index (χ1v) is 8.14. The Balaban J connectivity index is 1.83. The van der Waals surface area contributed by atoms with Crippen molar-refractivity contribution in [3.05, 3.63) is 70.9 Å². The lowest BCUT2D eigenvalue weighted by atomic mass is 10.0. The Morgan fingerprint density at radius 2 is 1.83 bits per heavy atom. The van der Waals surface area contributed by atoms with Gasteiger partial charge in [-0.25, -0.2) is 4.68 Å². The molecule has 0 saturated heterocycles. The van der Waals surface area contributed by atoms with Crippen LogP contribution in [0.3, 0.4) is 0 Å². The SMILES string of the molecule is Cc1ccc(-c2c(C#N)nnn2CCCc2ccccc2)cc1C. The van der Waals surface area contributed by atoms with Crippen LogP contribution in [0.1, 0.15) is 28.8 Å². The van der Waals surface area contributed by atoms with Crippen molar-refractivity contribution >= 4 is 0 Å². The number of rotatable bonds is 5. The maximum absolute atomic E-state index is 9.35. The van der Waals surface area contributed by atoms with Gasteiger partial charge in [-0.1, -0.05) is 47.7 Å². The molecule has 0 fully saturated rings. The van der Waals surface area contributed by atoms with Crippen molar-refractivity contribution in [2.45, 2.75) is 33.2 Å². The summed E-state index contributed by atoms with van der Waals surface area (Å²) in [7, 11) is 0. The van der Waals surface area contributed by atoms with Crippen molar-refractivity contribution in [3.8, 4) is 17.3 Å². The van der Waals surface area contributed by atoms with Gasteiger partial charge in [-0.3, -0.25) is 0 Å². The van der Waals surface area contributed by atoms with E-state index in [2.05, 4.69) is 66.6 Å². The van der Waals surface area contributed by atoms with Crippen molar-refractivity contribution in [2.75, 3.05) is 0 Å². The lowest BCUT2D eigenvalue weighted by Crippen LogP contribution is -2.04. The quantitative estimate of drug-likeness (QED) is 0.713. The van der Waals surface area contributed by atoms with E-state index in [0.29, 0.717) is 5.69 Å². The molecule has 0 aliphatic carbocycles. The Bertz CT molecular complexity index is 872. The Hall–Kier alpha value is -2.93. The van der Waals surface area contributed by atoms with Gasteiger partial charge in [0, 0.05) is 12.1 Å². The van der Waals surface area contributed by atoms with E-state index in [1.165, 1.54) is 16.7 Å². The number of aromatic nitrogens is 3. The average molecular weight is 316 g/mol. The van der Waals surface area contributed by atoms with Gasteiger partial charge in [0.1, 0.15) is 11.8 Å². The first-order valence-electron chi connectivity index (χ1n) is 8.14. The predicted octanol–water partition coefficient (Wildman–Crippen LogP) is 4.07. The molecule has 0 unspecified atom stereocenters. The molecule has 4 heteroatoms. The van der Waals surface area contributed by atoms with Crippen LogP contribution >= 0.6 is 0 Å². The second kappa shape index (κ2) is 7.10. The second-order valence-electron chi connectivity index (χ2n) is 6.01. The van der Waals surface area contributed by atoms with Gasteiger partial charge in [0.2, 0.25) is 0 Å². The standard InChI is InChI=1S/C20H20N4/c1-15-10-11-18(13-16(15)2)20-19(14-21)22-23-24(20)12-6-9-17-7-4-3-5-8-17/h3-5,7-8,10-11,13H,6,9,12H2,1-2H3. The molecule has 24 heavy (non-hydrogen) atoms. The number of nitriles is 1. The molecule has 120 valence electrons. The van der Waals surface area contributed by atoms with Crippen LogP contribution in [0.25, 0.3) is 11.3 Å². The van der Waals surface area contributed by atoms with Crippen molar-refractivity contribution in [3.63, 3.8) is 0 Å². The number of benzene rings is 2. The largest absolute Gasteiger partial charge is 0.243 e. The van der Waals surface area contributed by atoms with Gasteiger partial charge in [0.05, 0.1) is 0 Å². The first-order chi connectivity index (χ1) is 11.7. The summed E-state index contributed by atoms with van der Waals surface area (Å²) >= 11 is 0. The van der Waals surface area contributed by atoms with E-state index < -0.39 is 0 Å². The predicted molar refractivity (Wildman–Crippen MR) is 94.4 cm³/mol. The Morgan fingerprint density at radius 3 is 2.54 bits per heavy atom. The van der Waals surface area contributed by atoms with Crippen molar-refractivity contribution in [1.29, 1.82) is 5.26 Å². The van der Waals surface area contributed by atoms with E-state index in [4.69, 9.17) is 0 Å². The zero-order chi connectivity index (χ0) is 16.9. The van der Waals surface area contributed by atoms with Gasteiger partial charge in [0.25, 0.3) is 0 Å². The fourth-order valence-electron chi connectivity index (χ4n) is 2.80. The molecule has 0 aliphatic heterocycles. The molecule has 0 spiro atoms. The molecular weight excluding hydrogens is 296 g/mol. The molecule has 0 radical (unpaired) electrons. The van der Waals surface area contributed by atoms with E-state index in [1.54, 1.807) is 0 Å². The number of hydrogen-bond acceptors (Lipinski definition) is 3. The third kappa shape index (κ3) is 3.36. The molecule has 3 rings (SSSR count). The van der Waals surface area contributed by atoms with Crippen LogP contribution in [0.2, 0.25) is 0 Å². The van der Waals surface area contributed by atoms with E-state index in [1.807, 2.05) is 16.8 Å². The number of nitrogens with zero attached hydrogens (tertiary/aromatic N) is 4. The smallest absolute Gasteiger partial charge is 0.190 e. The van der Waals surface area contributed by atoms with E-state index in [9.17, 15) is 5.26 Å². The topological polar surface area (TPSA) is 54.5 Å². The summed E-state index contributed by atoms with van der Waals surface area (Å²) in [6.45, 7) is 4.90. The normalized spacial score (nSPS) is 10.5. The van der Waals surface area contributed by atoms with Crippen molar-refractivity contribution in [1.82, 2.24) is 15.0 Å². The minimum Gasteiger partial charge on any atom is -0.243 e. The van der Waals surface area contributed by atoms with Gasteiger partial charge < -0.3 is 0 Å². The van der Waals surface area contributed by atoms with Gasteiger partial charge >= 0.3 is 0 Å². The van der Waals surface area contributed by atoms with Crippen LogP contribution in [-0.2, 0) is 13.0 Å². The molecular formula is C20H20N4. The molecule has 0 amide bonds. The molecule has 0 bridgehead atoms. The highest BCUT2D eigenvalue weighted by atomic mass is 15.4. The summed E-state index contributed by atoms with van der Waals surface area (Å²) in [6, 6.07) is 18.8. The van der Waals surface area contributed by atoms with Gasteiger partial charge in [0.15, 0.2) is 5.69 Å². The Labute approximate surface area is 142 Å². The zero-order valence-corrected chi connectivity index (χ0v) is 14.0. The summed E-state index contributed by atoms with van der Waals surface area (Å²) < 4.78 is 1.85. The fraction of sp³-hybridized carbons (Fsp3) is 0.250. The van der Waals surface area contributed by atoms with Crippen LogP contribution < -0.4 is 0 Å². The van der Waals surface area contributed by atoms with E-state index >= 15 is 0 Å². The molecule has 2 aromatic carbocycles. The maximum atomic E-state index is 9.35. The van der Waals surface area contributed by atoms with Crippen LogP contribution in [0.15, 0.2) is 48.5 Å². The Morgan fingerprint density at radius 1 is 1.04 bits per heavy atom. The molecule has 0 aliphatic rings. The minimum absolute atomic E-state index is 0.387. The summed E-state index contributed by atoms with van der Waals surface area (Å²) in [5, 5.41) is 17.6. The van der Waals surface area contributed by atoms with Crippen molar-refractivity contribution in [2.24, 2.45) is 0 Å². The summed E-state index contributed by atoms with van der Waals surface area (Å²) in [5.74, 6) is 0. The summed E-state index contributed by atoms with van der Waals surface area (Å²) in [6.07, 6.45) is 1.94. The zero-order valence-electron chi connectivity index (χ0n) is 14.0. The molecule has 0 atom stereocenters. The van der Waals surface area contributed by atoms with Crippen LogP contribution in [-0.4, -0.2) is 15.0 Å². The molecule has 4 nitrogen and oxygen atoms in total. The lowest BCUT2D eigenvalue weighted by Gasteiger charge is -2.09. The molecule has 0 N–H and O–H groups in total. The monoisotopic (exact) mass is 316 g/mol. The fourth-order valence-corrected chi connectivity index (χ4v) is 2.80. The van der Waals surface area contributed by atoms with E-state index in [0.717, 1.165) is 30.6 Å². The van der Waals surface area contributed by atoms with Crippen LogP contribution in [0.5, 0.6) is 0 Å². The Kier molecular flexibility index (Phi) is 4.72. The highest BCUT2D eigenvalue weighted by Gasteiger charge is 2.15. The van der Waals surface area contributed by atoms with Crippen molar-refractivity contribution < 1.29 is 0 Å². The van der Waals surface area contributed by atoms with Crippen LogP contribution in [0.4, 0.5) is 0 Å². The van der Waals surface area contributed by atoms with Gasteiger partial charge in [-0.05, 0) is 49.4 Å². The summed E-state index contributed by atoms with van der Waals surface area (Å²) in [4.78, 5) is 0. The molecule has 0 saturated carbocycles. The third-order valence-corrected chi connectivity index (χ3v) is 4.30. The van der Waals surface area contributed by atoms with E-state index in [-0.39, 0.29) is 0 Å². The van der Waals surface area contributed by atoms with Crippen LogP contribution in [0, 0.1) is 25.2 Å². The highest BCUT2D eigenvalue weighted by molar-refractivity contribution is 5.66. The highest BCUT2D eigenvalue weighted by Crippen LogP contribution is 2.24. The maximum Gasteiger partial charge on any atom is 0.190 e.